The predicted octanol–water partition coefficient (Wildman–Crippen LogP) is 6.84. The number of benzene rings is 2. The number of unbranched alkanes of at least 4 members (excludes halogenated alkanes) is 5. The summed E-state index contributed by atoms with van der Waals surface area (Å²) in [5.41, 5.74) is 0.793. The summed E-state index contributed by atoms with van der Waals surface area (Å²) in [6.07, 6.45) is 9.05. The molecule has 2 rings (SSSR count). The third kappa shape index (κ3) is 6.25. The van der Waals surface area contributed by atoms with Crippen molar-refractivity contribution in [3.63, 3.8) is 0 Å². The fourth-order valence-corrected chi connectivity index (χ4v) is 3.48. The minimum absolute atomic E-state index is 0.146. The number of hydrogen-bond acceptors (Lipinski definition) is 2. The van der Waals surface area contributed by atoms with Gasteiger partial charge in [-0.3, -0.25) is 4.79 Å². The second-order valence-electron chi connectivity index (χ2n) is 7.57. The van der Waals surface area contributed by atoms with E-state index in [1.807, 2.05) is 35.2 Å². The summed E-state index contributed by atoms with van der Waals surface area (Å²) < 4.78 is 6.07. The second kappa shape index (κ2) is 12.4. The van der Waals surface area contributed by atoms with E-state index in [1.54, 1.807) is 0 Å². The molecule has 0 saturated carbocycles. The Labute approximate surface area is 171 Å². The molecule has 0 heterocycles. The Kier molecular flexibility index (Phi) is 9.88. The summed E-state index contributed by atoms with van der Waals surface area (Å²) in [5, 5.41) is 2.03. The van der Waals surface area contributed by atoms with Crippen LogP contribution < -0.4 is 4.74 Å². The van der Waals surface area contributed by atoms with E-state index in [0.717, 1.165) is 73.9 Å². The highest BCUT2D eigenvalue weighted by Gasteiger charge is 2.18. The van der Waals surface area contributed by atoms with Crippen molar-refractivity contribution in [3.8, 4) is 5.75 Å². The average molecular weight is 384 g/mol. The van der Waals surface area contributed by atoms with Crippen LogP contribution in [0.3, 0.4) is 0 Å². The zero-order valence-corrected chi connectivity index (χ0v) is 18.0. The molecule has 1 amide bonds. The zero-order valence-electron chi connectivity index (χ0n) is 18.0. The molecule has 0 aromatic heterocycles. The molecule has 0 radical (unpaired) electrons. The van der Waals surface area contributed by atoms with Crippen LogP contribution in [0.1, 0.15) is 82.5 Å². The smallest absolute Gasteiger partial charge is 0.254 e. The number of ether oxygens (including phenoxy) is 1. The van der Waals surface area contributed by atoms with Crippen LogP contribution in [-0.2, 0) is 0 Å². The van der Waals surface area contributed by atoms with Crippen molar-refractivity contribution >= 4 is 16.7 Å². The van der Waals surface area contributed by atoms with Gasteiger partial charge in [-0.1, -0.05) is 77.1 Å². The SMILES string of the molecule is CCCCCCOc1ccc(C(=O)N(CCCC)CCCC)c2ccccc12. The molecule has 0 aliphatic rings. The van der Waals surface area contributed by atoms with E-state index in [9.17, 15) is 4.79 Å². The lowest BCUT2D eigenvalue weighted by Crippen LogP contribution is -2.33. The fourth-order valence-electron chi connectivity index (χ4n) is 3.48. The van der Waals surface area contributed by atoms with Crippen molar-refractivity contribution < 1.29 is 9.53 Å². The van der Waals surface area contributed by atoms with Gasteiger partial charge in [-0.25, -0.2) is 0 Å². The summed E-state index contributed by atoms with van der Waals surface area (Å²) in [5.74, 6) is 1.03. The van der Waals surface area contributed by atoms with Crippen LogP contribution >= 0.6 is 0 Å². The van der Waals surface area contributed by atoms with Crippen LogP contribution in [0.15, 0.2) is 36.4 Å². The standard InChI is InChI=1S/C25H37NO2/c1-4-7-10-13-20-28-24-17-16-23(21-14-11-12-15-22(21)24)25(27)26(18-8-5-2)19-9-6-3/h11-12,14-17H,4-10,13,18-20H2,1-3H3. The Balaban J connectivity index is 2.22. The Bertz CT molecular complexity index is 718. The molecule has 0 spiro atoms. The number of carbonyl (C=O) groups is 1. The van der Waals surface area contributed by atoms with Gasteiger partial charge in [-0.05, 0) is 36.8 Å². The van der Waals surface area contributed by atoms with E-state index < -0.39 is 0 Å². The van der Waals surface area contributed by atoms with Crippen LogP contribution in [0.4, 0.5) is 0 Å². The minimum atomic E-state index is 0.146. The first-order valence-corrected chi connectivity index (χ1v) is 11.2. The van der Waals surface area contributed by atoms with Crippen molar-refractivity contribution in [2.45, 2.75) is 72.1 Å². The third-order valence-corrected chi connectivity index (χ3v) is 5.22. The normalized spacial score (nSPS) is 11.0. The maximum Gasteiger partial charge on any atom is 0.254 e. The lowest BCUT2D eigenvalue weighted by atomic mass is 10.0. The van der Waals surface area contributed by atoms with E-state index in [4.69, 9.17) is 4.74 Å². The van der Waals surface area contributed by atoms with Crippen molar-refractivity contribution in [1.82, 2.24) is 4.90 Å². The van der Waals surface area contributed by atoms with Gasteiger partial charge < -0.3 is 9.64 Å². The number of fused-ring (bicyclic) bond motifs is 1. The average Bonchev–Trinajstić information content (AvgIpc) is 2.73. The summed E-state index contributed by atoms with van der Waals surface area (Å²) in [4.78, 5) is 15.3. The van der Waals surface area contributed by atoms with Crippen LogP contribution in [0.5, 0.6) is 5.75 Å². The van der Waals surface area contributed by atoms with E-state index in [-0.39, 0.29) is 5.91 Å². The van der Waals surface area contributed by atoms with Gasteiger partial charge in [0.2, 0.25) is 0 Å². The quantitative estimate of drug-likeness (QED) is 0.354. The second-order valence-corrected chi connectivity index (χ2v) is 7.57. The van der Waals surface area contributed by atoms with Crippen LogP contribution in [0.2, 0.25) is 0 Å². The molecule has 0 bridgehead atoms. The molecular weight excluding hydrogens is 346 g/mol. The number of amides is 1. The number of rotatable bonds is 13. The highest BCUT2D eigenvalue weighted by molar-refractivity contribution is 6.08. The summed E-state index contributed by atoms with van der Waals surface area (Å²) in [7, 11) is 0. The fraction of sp³-hybridized carbons (Fsp3) is 0.560. The van der Waals surface area contributed by atoms with Crippen LogP contribution in [0, 0.1) is 0 Å². The first kappa shape index (κ1) is 22.3. The molecule has 0 atom stereocenters. The van der Waals surface area contributed by atoms with Crippen molar-refractivity contribution in [2.24, 2.45) is 0 Å². The minimum Gasteiger partial charge on any atom is -0.493 e. The summed E-state index contributed by atoms with van der Waals surface area (Å²) in [6.45, 7) is 8.96. The molecule has 0 fully saturated rings. The molecule has 2 aromatic rings. The molecule has 154 valence electrons. The summed E-state index contributed by atoms with van der Waals surface area (Å²) in [6, 6.07) is 12.1. The largest absolute Gasteiger partial charge is 0.493 e. The molecule has 0 N–H and O–H groups in total. The molecule has 0 aliphatic heterocycles. The van der Waals surface area contributed by atoms with E-state index in [2.05, 4.69) is 26.8 Å². The highest BCUT2D eigenvalue weighted by atomic mass is 16.5. The third-order valence-electron chi connectivity index (χ3n) is 5.22. The predicted molar refractivity (Wildman–Crippen MR) is 119 cm³/mol. The molecule has 0 unspecified atom stereocenters. The van der Waals surface area contributed by atoms with Gasteiger partial charge in [-0.15, -0.1) is 0 Å². The number of carbonyl (C=O) groups excluding carboxylic acids is 1. The van der Waals surface area contributed by atoms with Gasteiger partial charge in [0, 0.05) is 24.0 Å². The Hall–Kier alpha value is -2.03. The Morgan fingerprint density at radius 3 is 2.07 bits per heavy atom. The number of nitrogens with zero attached hydrogens (tertiary/aromatic N) is 1. The Morgan fingerprint density at radius 1 is 0.786 bits per heavy atom. The zero-order chi connectivity index (χ0) is 20.2. The lowest BCUT2D eigenvalue weighted by molar-refractivity contribution is 0.0753. The number of hydrogen-bond donors (Lipinski definition) is 0. The molecular formula is C25H37NO2. The molecule has 0 aliphatic carbocycles. The topological polar surface area (TPSA) is 29.5 Å². The van der Waals surface area contributed by atoms with Crippen molar-refractivity contribution in [1.29, 1.82) is 0 Å². The van der Waals surface area contributed by atoms with Gasteiger partial charge >= 0.3 is 0 Å². The molecule has 0 saturated heterocycles. The molecule has 28 heavy (non-hydrogen) atoms. The van der Waals surface area contributed by atoms with Gasteiger partial charge in [0.15, 0.2) is 0 Å². The lowest BCUT2D eigenvalue weighted by Gasteiger charge is -2.23. The first-order chi connectivity index (χ1) is 13.7. The monoisotopic (exact) mass is 383 g/mol. The molecule has 3 nitrogen and oxygen atoms in total. The Morgan fingerprint density at radius 2 is 1.43 bits per heavy atom. The molecule has 3 heteroatoms. The van der Waals surface area contributed by atoms with Gasteiger partial charge in [0.25, 0.3) is 5.91 Å². The van der Waals surface area contributed by atoms with Crippen LogP contribution in [0.25, 0.3) is 10.8 Å². The van der Waals surface area contributed by atoms with Crippen molar-refractivity contribution in [3.05, 3.63) is 42.0 Å². The molecule has 2 aromatic carbocycles. The maximum atomic E-state index is 13.3. The van der Waals surface area contributed by atoms with E-state index >= 15 is 0 Å². The van der Waals surface area contributed by atoms with Gasteiger partial charge in [0.1, 0.15) is 5.75 Å². The highest BCUT2D eigenvalue weighted by Crippen LogP contribution is 2.29. The van der Waals surface area contributed by atoms with E-state index in [1.165, 1.54) is 19.3 Å². The van der Waals surface area contributed by atoms with Gasteiger partial charge in [0.05, 0.1) is 6.61 Å². The first-order valence-electron chi connectivity index (χ1n) is 11.2. The maximum absolute atomic E-state index is 13.3. The van der Waals surface area contributed by atoms with Crippen molar-refractivity contribution in [2.75, 3.05) is 19.7 Å². The summed E-state index contributed by atoms with van der Waals surface area (Å²) >= 11 is 0. The van der Waals surface area contributed by atoms with E-state index in [0.29, 0.717) is 0 Å². The van der Waals surface area contributed by atoms with Crippen LogP contribution in [-0.4, -0.2) is 30.5 Å². The van der Waals surface area contributed by atoms with Gasteiger partial charge in [-0.2, -0.15) is 0 Å².